The molecule has 16 heavy (non-hydrogen) atoms. The first kappa shape index (κ1) is 16.2. The molecule has 0 saturated carbocycles. The zero-order valence-electron chi connectivity index (χ0n) is 10.7. The lowest BCUT2D eigenvalue weighted by atomic mass is 10.0. The molecule has 5 heteroatoms. The molecule has 0 bridgehead atoms. The Balaban J connectivity index is 4.17. The van der Waals surface area contributed by atoms with Gasteiger partial charge >= 0.3 is 0 Å². The van der Waals surface area contributed by atoms with E-state index in [1.807, 2.05) is 20.8 Å². The van der Waals surface area contributed by atoms with Crippen LogP contribution in [-0.4, -0.2) is 26.6 Å². The van der Waals surface area contributed by atoms with Crippen molar-refractivity contribution >= 4 is 21.6 Å². The topological polar surface area (TPSA) is 46.2 Å². The Labute approximate surface area is 105 Å². The van der Waals surface area contributed by atoms with Gasteiger partial charge in [-0.05, 0) is 17.8 Å². The first-order chi connectivity index (χ1) is 7.20. The van der Waals surface area contributed by atoms with E-state index in [-0.39, 0.29) is 11.2 Å². The summed E-state index contributed by atoms with van der Waals surface area (Å²) in [6.45, 7) is 8.31. The largest absolute Gasteiger partial charge is 0.215 e. The van der Waals surface area contributed by atoms with Gasteiger partial charge in [0.2, 0.25) is 10.0 Å². The number of rotatable bonds is 7. The average molecular weight is 270 g/mol. The predicted molar refractivity (Wildman–Crippen MR) is 70.4 cm³/mol. The van der Waals surface area contributed by atoms with Crippen molar-refractivity contribution < 1.29 is 8.42 Å². The molecule has 0 radical (unpaired) electrons. The normalized spacial score (nSPS) is 15.1. The van der Waals surface area contributed by atoms with Gasteiger partial charge in [-0.3, -0.25) is 0 Å². The van der Waals surface area contributed by atoms with Crippen LogP contribution in [0.3, 0.4) is 0 Å². The van der Waals surface area contributed by atoms with E-state index in [2.05, 4.69) is 11.6 Å². The lowest BCUT2D eigenvalue weighted by molar-refractivity contribution is 0.447. The van der Waals surface area contributed by atoms with Gasteiger partial charge in [0.1, 0.15) is 0 Å². The minimum atomic E-state index is -3.16. The Morgan fingerprint density at radius 2 is 1.88 bits per heavy atom. The number of nitrogens with one attached hydrogen (secondary N) is 1. The van der Waals surface area contributed by atoms with Crippen LogP contribution in [0.25, 0.3) is 0 Å². The highest BCUT2D eigenvalue weighted by molar-refractivity contribution is 7.89. The van der Waals surface area contributed by atoms with Crippen molar-refractivity contribution in [2.24, 2.45) is 11.3 Å². The number of halogens is 1. The third-order valence-electron chi connectivity index (χ3n) is 2.31. The Morgan fingerprint density at radius 3 is 2.25 bits per heavy atom. The van der Waals surface area contributed by atoms with Crippen LogP contribution >= 0.6 is 11.6 Å². The maximum absolute atomic E-state index is 11.7. The molecule has 0 aliphatic rings. The van der Waals surface area contributed by atoms with Crippen molar-refractivity contribution in [3.63, 3.8) is 0 Å². The van der Waals surface area contributed by atoms with E-state index in [0.29, 0.717) is 18.3 Å². The molecule has 3 nitrogen and oxygen atoms in total. The molecule has 0 saturated heterocycles. The fraction of sp³-hybridized carbons (Fsp3) is 1.00. The highest BCUT2D eigenvalue weighted by Gasteiger charge is 2.21. The quantitative estimate of drug-likeness (QED) is 0.722. The number of hydrogen-bond donors (Lipinski definition) is 1. The van der Waals surface area contributed by atoms with E-state index < -0.39 is 10.0 Å². The standard InChI is InChI=1S/C11H24ClNO2S/c1-5-10(6-7-12)8-13-16(14,15)9-11(2,3)4/h10,13H,5-9H2,1-4H3. The monoisotopic (exact) mass is 269 g/mol. The summed E-state index contributed by atoms with van der Waals surface area (Å²) >= 11 is 5.65. The van der Waals surface area contributed by atoms with Crippen LogP contribution in [-0.2, 0) is 10.0 Å². The van der Waals surface area contributed by atoms with Crippen molar-refractivity contribution in [3.8, 4) is 0 Å². The fourth-order valence-corrected chi connectivity index (χ4v) is 3.51. The predicted octanol–water partition coefficient (Wildman–Crippen LogP) is 2.61. The third-order valence-corrected chi connectivity index (χ3v) is 4.38. The molecule has 0 aromatic heterocycles. The van der Waals surface area contributed by atoms with Gasteiger partial charge < -0.3 is 0 Å². The van der Waals surface area contributed by atoms with E-state index in [1.165, 1.54) is 0 Å². The molecule has 98 valence electrons. The second kappa shape index (κ2) is 6.82. The van der Waals surface area contributed by atoms with Gasteiger partial charge in [0.25, 0.3) is 0 Å². The van der Waals surface area contributed by atoms with Gasteiger partial charge in [-0.2, -0.15) is 0 Å². The molecule has 0 rings (SSSR count). The maximum atomic E-state index is 11.7. The molecular weight excluding hydrogens is 246 g/mol. The van der Waals surface area contributed by atoms with Crippen LogP contribution in [0, 0.1) is 11.3 Å². The molecule has 0 spiro atoms. The molecular formula is C11H24ClNO2S. The Hall–Kier alpha value is 0.200. The van der Waals surface area contributed by atoms with Crippen molar-refractivity contribution in [2.75, 3.05) is 18.2 Å². The summed E-state index contributed by atoms with van der Waals surface area (Å²) in [5.74, 6) is 1.09. The summed E-state index contributed by atoms with van der Waals surface area (Å²) in [5.41, 5.74) is -0.208. The van der Waals surface area contributed by atoms with Crippen molar-refractivity contribution in [2.45, 2.75) is 40.5 Å². The second-order valence-electron chi connectivity index (χ2n) is 5.42. The molecule has 1 atom stereocenters. The molecule has 0 aliphatic carbocycles. The van der Waals surface area contributed by atoms with Crippen LogP contribution in [0.15, 0.2) is 0 Å². The molecule has 0 aliphatic heterocycles. The highest BCUT2D eigenvalue weighted by Crippen LogP contribution is 2.16. The first-order valence-electron chi connectivity index (χ1n) is 5.73. The zero-order valence-corrected chi connectivity index (χ0v) is 12.3. The summed E-state index contributed by atoms with van der Waals surface area (Å²) in [7, 11) is -3.16. The fourth-order valence-electron chi connectivity index (χ4n) is 1.47. The van der Waals surface area contributed by atoms with Crippen LogP contribution in [0.1, 0.15) is 40.5 Å². The van der Waals surface area contributed by atoms with Gasteiger partial charge in [0.05, 0.1) is 5.75 Å². The Bertz CT molecular complexity index is 283. The molecule has 1 N–H and O–H groups in total. The lowest BCUT2D eigenvalue weighted by Crippen LogP contribution is -2.35. The second-order valence-corrected chi connectivity index (χ2v) is 7.60. The van der Waals surface area contributed by atoms with Crippen LogP contribution in [0.2, 0.25) is 0 Å². The molecule has 0 aromatic carbocycles. The van der Waals surface area contributed by atoms with Crippen molar-refractivity contribution in [1.82, 2.24) is 4.72 Å². The number of alkyl halides is 1. The van der Waals surface area contributed by atoms with E-state index >= 15 is 0 Å². The minimum absolute atomic E-state index is 0.164. The minimum Gasteiger partial charge on any atom is -0.215 e. The summed E-state index contributed by atoms with van der Waals surface area (Å²) in [4.78, 5) is 0. The molecule has 0 fully saturated rings. The molecule has 0 aromatic rings. The summed E-state index contributed by atoms with van der Waals surface area (Å²) in [6, 6.07) is 0. The molecule has 0 heterocycles. The van der Waals surface area contributed by atoms with Gasteiger partial charge in [-0.25, -0.2) is 13.1 Å². The van der Waals surface area contributed by atoms with Crippen LogP contribution in [0.4, 0.5) is 0 Å². The Kier molecular flexibility index (Phi) is 6.90. The molecule has 0 amide bonds. The molecule has 1 unspecified atom stereocenters. The van der Waals surface area contributed by atoms with E-state index in [9.17, 15) is 8.42 Å². The lowest BCUT2D eigenvalue weighted by Gasteiger charge is -2.20. The van der Waals surface area contributed by atoms with Crippen LogP contribution < -0.4 is 4.72 Å². The summed E-state index contributed by atoms with van der Waals surface area (Å²) in [6.07, 6.45) is 1.81. The van der Waals surface area contributed by atoms with E-state index in [0.717, 1.165) is 12.8 Å². The highest BCUT2D eigenvalue weighted by atomic mass is 35.5. The van der Waals surface area contributed by atoms with E-state index in [1.54, 1.807) is 0 Å². The van der Waals surface area contributed by atoms with Crippen LogP contribution in [0.5, 0.6) is 0 Å². The van der Waals surface area contributed by atoms with Gasteiger partial charge in [-0.15, -0.1) is 11.6 Å². The summed E-state index contributed by atoms with van der Waals surface area (Å²) < 4.78 is 26.1. The number of hydrogen-bond acceptors (Lipinski definition) is 2. The van der Waals surface area contributed by atoms with Gasteiger partial charge in [0, 0.05) is 12.4 Å². The van der Waals surface area contributed by atoms with Gasteiger partial charge in [0.15, 0.2) is 0 Å². The van der Waals surface area contributed by atoms with Crippen molar-refractivity contribution in [1.29, 1.82) is 0 Å². The van der Waals surface area contributed by atoms with E-state index in [4.69, 9.17) is 11.6 Å². The Morgan fingerprint density at radius 1 is 1.31 bits per heavy atom. The number of sulfonamides is 1. The third kappa shape index (κ3) is 8.36. The van der Waals surface area contributed by atoms with Crippen molar-refractivity contribution in [3.05, 3.63) is 0 Å². The first-order valence-corrected chi connectivity index (χ1v) is 7.92. The van der Waals surface area contributed by atoms with Gasteiger partial charge in [-0.1, -0.05) is 34.1 Å². The average Bonchev–Trinajstić information content (AvgIpc) is 2.08. The zero-order chi connectivity index (χ0) is 12.8. The summed E-state index contributed by atoms with van der Waals surface area (Å²) in [5, 5.41) is 0. The smallest absolute Gasteiger partial charge is 0.212 e. The maximum Gasteiger partial charge on any atom is 0.212 e. The SMILES string of the molecule is CCC(CCCl)CNS(=O)(=O)CC(C)(C)C.